The van der Waals surface area contributed by atoms with Crippen LogP contribution in [0.4, 0.5) is 0 Å². The number of benzene rings is 1. The Morgan fingerprint density at radius 1 is 1.50 bits per heavy atom. The van der Waals surface area contributed by atoms with Crippen molar-refractivity contribution in [3.63, 3.8) is 0 Å². The van der Waals surface area contributed by atoms with Crippen molar-refractivity contribution in [1.82, 2.24) is 0 Å². The fourth-order valence-electron chi connectivity index (χ4n) is 1.28. The van der Waals surface area contributed by atoms with Crippen LogP contribution in [0.2, 0.25) is 0 Å². The molecule has 14 heavy (non-hydrogen) atoms. The lowest BCUT2D eigenvalue weighted by molar-refractivity contribution is 1.13. The molecule has 0 heterocycles. The Kier molecular flexibility index (Phi) is 4.42. The van der Waals surface area contributed by atoms with Gasteiger partial charge in [-0.1, -0.05) is 41.1 Å². The molecule has 1 aromatic rings. The van der Waals surface area contributed by atoms with E-state index in [1.165, 1.54) is 11.1 Å². The normalized spacial score (nSPS) is 10.4. The second kappa shape index (κ2) is 5.62. The number of halogens is 1. The minimum atomic E-state index is 0.471. The second-order valence-electron chi connectivity index (χ2n) is 2.96. The smallest absolute Gasteiger partial charge is 0.0663 e. The highest BCUT2D eigenvalue weighted by Crippen LogP contribution is 2.18. The van der Waals surface area contributed by atoms with Gasteiger partial charge in [0, 0.05) is 4.47 Å². The molecule has 72 valence electrons. The molecule has 0 saturated carbocycles. The Hall–Kier alpha value is -1.07. The van der Waals surface area contributed by atoms with Crippen molar-refractivity contribution in [3.05, 3.63) is 39.9 Å². The third kappa shape index (κ3) is 3.01. The van der Waals surface area contributed by atoms with E-state index in [1.54, 1.807) is 0 Å². The Morgan fingerprint density at radius 3 is 2.93 bits per heavy atom. The maximum atomic E-state index is 8.41. The van der Waals surface area contributed by atoms with Gasteiger partial charge >= 0.3 is 0 Å². The monoisotopic (exact) mass is 249 g/mol. The first-order chi connectivity index (χ1) is 6.77. The van der Waals surface area contributed by atoms with Crippen LogP contribution in [-0.2, 0) is 6.42 Å². The molecular formula is C12H12BrN. The van der Waals surface area contributed by atoms with E-state index < -0.39 is 0 Å². The Labute approximate surface area is 93.2 Å². The van der Waals surface area contributed by atoms with Crippen molar-refractivity contribution >= 4 is 22.0 Å². The number of nitriles is 1. The summed E-state index contributed by atoms with van der Waals surface area (Å²) in [6.45, 7) is 2.13. The molecule has 1 rings (SSSR count). The maximum Gasteiger partial charge on any atom is 0.0663 e. The van der Waals surface area contributed by atoms with Gasteiger partial charge in [-0.2, -0.15) is 5.26 Å². The van der Waals surface area contributed by atoms with Crippen molar-refractivity contribution in [2.24, 2.45) is 0 Å². The lowest BCUT2D eigenvalue weighted by Crippen LogP contribution is -1.85. The van der Waals surface area contributed by atoms with Gasteiger partial charge in [-0.05, 0) is 29.7 Å². The Balaban J connectivity index is 2.92. The molecule has 0 aromatic heterocycles. The summed E-state index contributed by atoms with van der Waals surface area (Å²) in [7, 11) is 0. The van der Waals surface area contributed by atoms with Gasteiger partial charge in [-0.3, -0.25) is 0 Å². The van der Waals surface area contributed by atoms with Crippen LogP contribution >= 0.6 is 15.9 Å². The molecule has 2 heteroatoms. The highest BCUT2D eigenvalue weighted by Gasteiger charge is 1.97. The molecule has 0 atom stereocenters. The van der Waals surface area contributed by atoms with Crippen LogP contribution in [0.25, 0.3) is 6.08 Å². The van der Waals surface area contributed by atoms with Gasteiger partial charge in [-0.15, -0.1) is 0 Å². The zero-order valence-corrected chi connectivity index (χ0v) is 9.71. The van der Waals surface area contributed by atoms with E-state index in [0.29, 0.717) is 6.42 Å². The number of hydrogen-bond donors (Lipinski definition) is 0. The number of hydrogen-bond acceptors (Lipinski definition) is 1. The van der Waals surface area contributed by atoms with Crippen LogP contribution in [0, 0.1) is 11.3 Å². The van der Waals surface area contributed by atoms with Crippen molar-refractivity contribution in [3.8, 4) is 6.07 Å². The summed E-state index contributed by atoms with van der Waals surface area (Å²) in [6.07, 6.45) is 5.38. The number of allylic oxidation sites excluding steroid dienone is 1. The fraction of sp³-hybridized carbons (Fsp3) is 0.250. The van der Waals surface area contributed by atoms with E-state index in [-0.39, 0.29) is 0 Å². The maximum absolute atomic E-state index is 8.41. The quantitative estimate of drug-likeness (QED) is 0.797. The van der Waals surface area contributed by atoms with Gasteiger partial charge in [0.25, 0.3) is 0 Å². The molecular weight excluding hydrogens is 238 g/mol. The molecule has 0 fully saturated rings. The zero-order valence-electron chi connectivity index (χ0n) is 8.13. The van der Waals surface area contributed by atoms with Crippen LogP contribution in [0.15, 0.2) is 28.7 Å². The van der Waals surface area contributed by atoms with E-state index in [9.17, 15) is 0 Å². The first-order valence-electron chi connectivity index (χ1n) is 4.60. The standard InChI is InChI=1S/C12H12BrN/c1-2-10-9-12(13)7-6-11(10)5-3-4-8-14/h3,5-7,9H,2,4H2,1H3. The molecule has 0 saturated heterocycles. The predicted octanol–water partition coefficient (Wildman–Crippen LogP) is 3.94. The van der Waals surface area contributed by atoms with Gasteiger partial charge in [0.15, 0.2) is 0 Å². The first-order valence-corrected chi connectivity index (χ1v) is 5.39. The average molecular weight is 250 g/mol. The largest absolute Gasteiger partial charge is 0.198 e. The SMILES string of the molecule is CCc1cc(Br)ccc1C=CCC#N. The minimum absolute atomic E-state index is 0.471. The Morgan fingerprint density at radius 2 is 2.29 bits per heavy atom. The molecule has 0 bridgehead atoms. The topological polar surface area (TPSA) is 23.8 Å². The molecule has 0 N–H and O–H groups in total. The summed E-state index contributed by atoms with van der Waals surface area (Å²) < 4.78 is 1.10. The predicted molar refractivity (Wildman–Crippen MR) is 62.8 cm³/mol. The molecule has 0 spiro atoms. The minimum Gasteiger partial charge on any atom is -0.198 e. The van der Waals surface area contributed by atoms with Gasteiger partial charge < -0.3 is 0 Å². The highest BCUT2D eigenvalue weighted by molar-refractivity contribution is 9.10. The summed E-state index contributed by atoms with van der Waals surface area (Å²) in [5.74, 6) is 0. The lowest BCUT2D eigenvalue weighted by Gasteiger charge is -2.03. The molecule has 0 amide bonds. The zero-order chi connectivity index (χ0) is 10.4. The van der Waals surface area contributed by atoms with Crippen LogP contribution in [-0.4, -0.2) is 0 Å². The summed E-state index contributed by atoms with van der Waals surface area (Å²) >= 11 is 3.44. The van der Waals surface area contributed by atoms with Gasteiger partial charge in [0.1, 0.15) is 0 Å². The van der Waals surface area contributed by atoms with Crippen molar-refractivity contribution in [1.29, 1.82) is 5.26 Å². The van der Waals surface area contributed by atoms with Crippen molar-refractivity contribution < 1.29 is 0 Å². The third-order valence-electron chi connectivity index (χ3n) is 1.99. The van der Waals surface area contributed by atoms with E-state index >= 15 is 0 Å². The Bertz CT molecular complexity index is 374. The fourth-order valence-corrected chi connectivity index (χ4v) is 1.69. The summed E-state index contributed by atoms with van der Waals surface area (Å²) in [5, 5.41) is 8.41. The van der Waals surface area contributed by atoms with E-state index in [4.69, 9.17) is 5.26 Å². The molecule has 0 aliphatic heterocycles. The highest BCUT2D eigenvalue weighted by atomic mass is 79.9. The van der Waals surface area contributed by atoms with Crippen LogP contribution in [0.3, 0.4) is 0 Å². The van der Waals surface area contributed by atoms with E-state index in [2.05, 4.69) is 41.1 Å². The molecule has 0 aliphatic rings. The first kappa shape index (κ1) is 11.0. The third-order valence-corrected chi connectivity index (χ3v) is 2.49. The number of aryl methyl sites for hydroxylation is 1. The number of nitrogens with zero attached hydrogens (tertiary/aromatic N) is 1. The molecule has 1 aromatic carbocycles. The van der Waals surface area contributed by atoms with Crippen LogP contribution < -0.4 is 0 Å². The van der Waals surface area contributed by atoms with Crippen LogP contribution in [0.1, 0.15) is 24.5 Å². The van der Waals surface area contributed by atoms with Gasteiger partial charge in [-0.25, -0.2) is 0 Å². The second-order valence-corrected chi connectivity index (χ2v) is 3.88. The summed E-state index contributed by atoms with van der Waals surface area (Å²) in [4.78, 5) is 0. The van der Waals surface area contributed by atoms with E-state index in [1.807, 2.05) is 18.2 Å². The van der Waals surface area contributed by atoms with Crippen molar-refractivity contribution in [2.45, 2.75) is 19.8 Å². The average Bonchev–Trinajstić information content (AvgIpc) is 2.20. The van der Waals surface area contributed by atoms with Gasteiger partial charge in [0.2, 0.25) is 0 Å². The van der Waals surface area contributed by atoms with Gasteiger partial charge in [0.05, 0.1) is 12.5 Å². The molecule has 0 unspecified atom stereocenters. The van der Waals surface area contributed by atoms with Crippen LogP contribution in [0.5, 0.6) is 0 Å². The van der Waals surface area contributed by atoms with Crippen molar-refractivity contribution in [2.75, 3.05) is 0 Å². The number of rotatable bonds is 3. The molecule has 0 radical (unpaired) electrons. The molecule has 1 nitrogen and oxygen atoms in total. The molecule has 0 aliphatic carbocycles. The summed E-state index contributed by atoms with van der Waals surface area (Å²) in [6, 6.07) is 8.29. The lowest BCUT2D eigenvalue weighted by atomic mass is 10.0. The summed E-state index contributed by atoms with van der Waals surface area (Å²) in [5.41, 5.74) is 2.50. The van der Waals surface area contributed by atoms with E-state index in [0.717, 1.165) is 10.9 Å².